The minimum Gasteiger partial charge on any atom is -0.271 e. The molecule has 2 aromatic heterocycles. The van der Waals surface area contributed by atoms with E-state index in [1.165, 1.54) is 4.68 Å². The average Bonchev–Trinajstić information content (AvgIpc) is 3.46. The molecule has 0 aliphatic heterocycles. The summed E-state index contributed by atoms with van der Waals surface area (Å²) < 4.78 is 3.11. The highest BCUT2D eigenvalue weighted by Crippen LogP contribution is 2.29. The molecule has 2 heterocycles. The van der Waals surface area contributed by atoms with E-state index in [2.05, 4.69) is 31.6 Å². The molecule has 0 radical (unpaired) electrons. The third-order valence-electron chi connectivity index (χ3n) is 5.04. The van der Waals surface area contributed by atoms with E-state index in [1.54, 1.807) is 4.57 Å². The van der Waals surface area contributed by atoms with Gasteiger partial charge in [-0.25, -0.2) is 9.48 Å². The lowest BCUT2D eigenvalue weighted by atomic mass is 9.98. The van der Waals surface area contributed by atoms with Crippen molar-refractivity contribution in [2.75, 3.05) is 0 Å². The Morgan fingerprint density at radius 1 is 1.12 bits per heavy atom. The van der Waals surface area contributed by atoms with E-state index in [-0.39, 0.29) is 5.69 Å². The fourth-order valence-electron chi connectivity index (χ4n) is 3.45. The smallest absolute Gasteiger partial charge is 0.271 e. The number of aryl methyl sites for hydroxylation is 1. The molecule has 0 atom stereocenters. The highest BCUT2D eigenvalue weighted by molar-refractivity contribution is 5.80. The average molecular weight is 425 g/mol. The fourth-order valence-corrected chi connectivity index (χ4v) is 3.45. The number of terminal acetylenes is 1. The van der Waals surface area contributed by atoms with E-state index in [4.69, 9.17) is 6.42 Å². The monoisotopic (exact) mass is 425 g/mol. The summed E-state index contributed by atoms with van der Waals surface area (Å²) in [6.07, 6.45) is 10.5. The maximum atomic E-state index is 12.9. The number of rotatable bonds is 8. The van der Waals surface area contributed by atoms with Crippen LogP contribution >= 0.6 is 0 Å². The van der Waals surface area contributed by atoms with Crippen molar-refractivity contribution in [3.05, 3.63) is 76.5 Å². The third-order valence-corrected chi connectivity index (χ3v) is 5.04. The summed E-state index contributed by atoms with van der Waals surface area (Å²) in [4.78, 5) is 12.9. The maximum Gasteiger partial charge on any atom is 0.346 e. The van der Waals surface area contributed by atoms with Crippen molar-refractivity contribution in [2.45, 2.75) is 32.9 Å². The van der Waals surface area contributed by atoms with Crippen molar-refractivity contribution in [3.8, 4) is 34.9 Å². The highest BCUT2D eigenvalue weighted by Gasteiger charge is 2.13. The van der Waals surface area contributed by atoms with Crippen LogP contribution in [-0.4, -0.2) is 35.0 Å². The molecule has 8 heteroatoms. The summed E-state index contributed by atoms with van der Waals surface area (Å²) in [6, 6.07) is 16.0. The van der Waals surface area contributed by atoms with Crippen LogP contribution in [0.3, 0.4) is 0 Å². The van der Waals surface area contributed by atoms with Gasteiger partial charge in [-0.05, 0) is 34.4 Å². The number of benzene rings is 2. The Balaban J connectivity index is 1.63. The quantitative estimate of drug-likeness (QED) is 0.437. The first kappa shape index (κ1) is 21.0. The summed E-state index contributed by atoms with van der Waals surface area (Å²) in [7, 11) is 0. The molecule has 0 aliphatic carbocycles. The Labute approximate surface area is 185 Å². The van der Waals surface area contributed by atoms with Crippen molar-refractivity contribution in [1.29, 1.82) is 0 Å². The number of aromatic nitrogens is 7. The predicted molar refractivity (Wildman–Crippen MR) is 123 cm³/mol. The van der Waals surface area contributed by atoms with Crippen LogP contribution in [0.15, 0.2) is 59.4 Å². The normalized spacial score (nSPS) is 11.1. The Morgan fingerprint density at radius 2 is 1.91 bits per heavy atom. The van der Waals surface area contributed by atoms with E-state index < -0.39 is 0 Å². The van der Waals surface area contributed by atoms with Gasteiger partial charge in [-0.3, -0.25) is 4.57 Å². The molecule has 0 bridgehead atoms. The minimum absolute atomic E-state index is 0.164. The molecule has 0 amide bonds. The van der Waals surface area contributed by atoms with E-state index >= 15 is 0 Å². The summed E-state index contributed by atoms with van der Waals surface area (Å²) in [6.45, 7) is 2.87. The van der Waals surface area contributed by atoms with Crippen molar-refractivity contribution >= 4 is 6.08 Å². The number of hydrogen-bond donors (Lipinski definition) is 1. The molecular formula is C24H23N7O. The number of H-pyrrole nitrogens is 1. The molecule has 4 aromatic rings. The van der Waals surface area contributed by atoms with Crippen LogP contribution in [0.5, 0.6) is 0 Å². The molecule has 0 aliphatic rings. The van der Waals surface area contributed by atoms with E-state index in [1.807, 2.05) is 67.6 Å². The molecule has 32 heavy (non-hydrogen) atoms. The first-order valence-corrected chi connectivity index (χ1v) is 10.4. The summed E-state index contributed by atoms with van der Waals surface area (Å²) in [5, 5.41) is 18.8. The van der Waals surface area contributed by atoms with E-state index in [9.17, 15) is 4.79 Å². The fraction of sp³-hybridized carbons (Fsp3) is 0.208. The molecule has 4 rings (SSSR count). The van der Waals surface area contributed by atoms with Crippen LogP contribution in [0.25, 0.3) is 28.6 Å². The van der Waals surface area contributed by atoms with E-state index in [0.29, 0.717) is 31.2 Å². The summed E-state index contributed by atoms with van der Waals surface area (Å²) in [5.41, 5.74) is 3.76. The van der Waals surface area contributed by atoms with Crippen LogP contribution in [0.2, 0.25) is 0 Å². The van der Waals surface area contributed by atoms with Gasteiger partial charge in [0.15, 0.2) is 5.82 Å². The van der Waals surface area contributed by atoms with Gasteiger partial charge in [0.2, 0.25) is 5.82 Å². The second-order valence-corrected chi connectivity index (χ2v) is 7.19. The Kier molecular flexibility index (Phi) is 6.37. The van der Waals surface area contributed by atoms with Gasteiger partial charge < -0.3 is 0 Å². The molecular weight excluding hydrogens is 402 g/mol. The van der Waals surface area contributed by atoms with Crippen molar-refractivity contribution in [3.63, 3.8) is 0 Å². The van der Waals surface area contributed by atoms with Gasteiger partial charge in [-0.15, -0.1) is 22.5 Å². The van der Waals surface area contributed by atoms with Crippen LogP contribution in [0.1, 0.15) is 31.2 Å². The number of nitrogens with one attached hydrogen (secondary N) is 1. The molecule has 1 N–H and O–H groups in total. The Hall–Kier alpha value is -4.25. The molecule has 0 fully saturated rings. The maximum absolute atomic E-state index is 12.9. The third kappa shape index (κ3) is 4.42. The van der Waals surface area contributed by atoms with Gasteiger partial charge in [0.1, 0.15) is 0 Å². The van der Waals surface area contributed by atoms with Gasteiger partial charge in [-0.1, -0.05) is 61.5 Å². The molecule has 0 saturated heterocycles. The molecule has 2 aromatic carbocycles. The Bertz CT molecular complexity index is 1310. The van der Waals surface area contributed by atoms with Crippen LogP contribution in [-0.2, 0) is 13.1 Å². The standard InChI is InChI=1S/C24H23N7O/c1-3-5-11-22-27-31(16-6-4-2)24(32)30(22)17-18-12-14-19(15-13-18)20-9-7-8-10-21(20)23-25-28-29-26-23/h2,5,7-15H,3,6,16-17H2,1H3,(H,25,26,28,29)/b11-5+. The number of hydrogen-bond acceptors (Lipinski definition) is 5. The number of allylic oxidation sites excluding steroid dienone is 1. The van der Waals surface area contributed by atoms with Gasteiger partial charge in [0.25, 0.3) is 0 Å². The largest absolute Gasteiger partial charge is 0.346 e. The molecule has 160 valence electrons. The predicted octanol–water partition coefficient (Wildman–Crippen LogP) is 3.39. The first-order valence-electron chi connectivity index (χ1n) is 10.4. The van der Waals surface area contributed by atoms with Gasteiger partial charge >= 0.3 is 5.69 Å². The van der Waals surface area contributed by atoms with E-state index in [0.717, 1.165) is 28.7 Å². The zero-order valence-corrected chi connectivity index (χ0v) is 17.8. The van der Waals surface area contributed by atoms with Crippen LogP contribution in [0.4, 0.5) is 0 Å². The number of aromatic amines is 1. The van der Waals surface area contributed by atoms with Crippen molar-refractivity contribution in [2.24, 2.45) is 0 Å². The lowest BCUT2D eigenvalue weighted by Gasteiger charge is -2.09. The number of tetrazole rings is 1. The topological polar surface area (TPSA) is 94.3 Å². The zero-order chi connectivity index (χ0) is 22.3. The molecule has 8 nitrogen and oxygen atoms in total. The van der Waals surface area contributed by atoms with Crippen molar-refractivity contribution in [1.82, 2.24) is 35.0 Å². The first-order chi connectivity index (χ1) is 15.7. The highest BCUT2D eigenvalue weighted by atomic mass is 16.2. The number of nitrogens with zero attached hydrogens (tertiary/aromatic N) is 6. The second-order valence-electron chi connectivity index (χ2n) is 7.19. The van der Waals surface area contributed by atoms with Crippen LogP contribution in [0, 0.1) is 12.3 Å². The lowest BCUT2D eigenvalue weighted by molar-refractivity contribution is 0.592. The SMILES string of the molecule is C#CCCn1nc(/C=C/CC)n(Cc2ccc(-c3ccccc3-c3nn[nH]n3)cc2)c1=O. The summed E-state index contributed by atoms with van der Waals surface area (Å²) in [5.74, 6) is 3.73. The molecule has 0 unspecified atom stereocenters. The van der Waals surface area contributed by atoms with Gasteiger partial charge in [0, 0.05) is 12.0 Å². The molecule has 0 spiro atoms. The second kappa shape index (κ2) is 9.71. The lowest BCUT2D eigenvalue weighted by Crippen LogP contribution is -2.25. The van der Waals surface area contributed by atoms with Crippen molar-refractivity contribution < 1.29 is 0 Å². The molecule has 0 saturated carbocycles. The Morgan fingerprint density at radius 3 is 2.59 bits per heavy atom. The minimum atomic E-state index is -0.164. The zero-order valence-electron chi connectivity index (χ0n) is 17.8. The van der Waals surface area contributed by atoms with Gasteiger partial charge in [-0.2, -0.15) is 10.3 Å². The van der Waals surface area contributed by atoms with Crippen LogP contribution < -0.4 is 5.69 Å². The summed E-state index contributed by atoms with van der Waals surface area (Å²) >= 11 is 0. The van der Waals surface area contributed by atoms with Gasteiger partial charge in [0.05, 0.1) is 13.1 Å².